The second-order valence-electron chi connectivity index (χ2n) is 5.68. The smallest absolute Gasteiger partial charge is 0.287 e. The largest absolute Gasteiger partial charge is 0.430 e. The summed E-state index contributed by atoms with van der Waals surface area (Å²) in [4.78, 5) is 6.67. The number of nitrogens with zero attached hydrogens (tertiary/aromatic N) is 2. The summed E-state index contributed by atoms with van der Waals surface area (Å²) in [6.07, 6.45) is 4.65. The molecule has 1 aliphatic heterocycles. The maximum atomic E-state index is 12.4. The van der Waals surface area contributed by atoms with Gasteiger partial charge in [0.1, 0.15) is 16.3 Å². The van der Waals surface area contributed by atoms with Gasteiger partial charge in [0.05, 0.1) is 0 Å². The molecule has 21 heavy (non-hydrogen) atoms. The van der Waals surface area contributed by atoms with Crippen LogP contribution in [-0.2, 0) is 10.8 Å². The Morgan fingerprint density at radius 2 is 2.33 bits per heavy atom. The van der Waals surface area contributed by atoms with E-state index in [-0.39, 0.29) is 0 Å². The number of hydrogen-bond acceptors (Lipinski definition) is 5. The van der Waals surface area contributed by atoms with Crippen LogP contribution >= 0.6 is 0 Å². The number of nitrogen functional groups attached to an aromatic ring is 1. The molecule has 1 saturated heterocycles. The lowest BCUT2D eigenvalue weighted by Gasteiger charge is -2.32. The first-order valence-corrected chi connectivity index (χ1v) is 8.70. The van der Waals surface area contributed by atoms with Gasteiger partial charge < -0.3 is 15.1 Å². The fourth-order valence-electron chi connectivity index (χ4n) is 2.86. The van der Waals surface area contributed by atoms with Crippen molar-refractivity contribution in [3.05, 3.63) is 18.2 Å². The van der Waals surface area contributed by atoms with Crippen LogP contribution in [0.1, 0.15) is 25.7 Å². The summed E-state index contributed by atoms with van der Waals surface area (Å²) in [6, 6.07) is 5.82. The van der Waals surface area contributed by atoms with E-state index in [1.54, 1.807) is 18.2 Å². The molecule has 1 aromatic carbocycles. The predicted octanol–water partition coefficient (Wildman–Crippen LogP) is 2.39. The standard InChI is InChI=1S/C15H21N3O2S/c1-18-8-3-2-4-12(18)7-9-21(19)15-17-13-6-5-11(16)10-14(13)20-15/h5-6,10,12H,2-4,7-9,16H2,1H3. The van der Waals surface area contributed by atoms with Gasteiger partial charge in [-0.3, -0.25) is 0 Å². The van der Waals surface area contributed by atoms with E-state index >= 15 is 0 Å². The van der Waals surface area contributed by atoms with Gasteiger partial charge in [0.15, 0.2) is 5.58 Å². The molecular weight excluding hydrogens is 286 g/mol. The molecule has 1 aromatic heterocycles. The summed E-state index contributed by atoms with van der Waals surface area (Å²) in [5.74, 6) is 0.595. The zero-order chi connectivity index (χ0) is 14.8. The summed E-state index contributed by atoms with van der Waals surface area (Å²) in [7, 11) is 0.963. The van der Waals surface area contributed by atoms with Crippen molar-refractivity contribution in [3.63, 3.8) is 0 Å². The number of nitrogens with two attached hydrogens (primary N) is 1. The summed E-state index contributed by atoms with van der Waals surface area (Å²) in [5, 5.41) is 0.314. The molecule has 2 heterocycles. The molecule has 2 atom stereocenters. The van der Waals surface area contributed by atoms with Gasteiger partial charge in [-0.05, 0) is 45.0 Å². The number of likely N-dealkylation sites (tertiary alicyclic amines) is 1. The zero-order valence-corrected chi connectivity index (χ0v) is 13.1. The number of piperidine rings is 1. The third kappa shape index (κ3) is 3.27. The lowest BCUT2D eigenvalue weighted by molar-refractivity contribution is 0.182. The van der Waals surface area contributed by atoms with Gasteiger partial charge in [-0.2, -0.15) is 0 Å². The Balaban J connectivity index is 1.66. The molecular formula is C15H21N3O2S. The van der Waals surface area contributed by atoms with Crippen LogP contribution in [0.25, 0.3) is 11.1 Å². The minimum Gasteiger partial charge on any atom is -0.430 e. The molecule has 2 N–H and O–H groups in total. The molecule has 1 aliphatic rings. The van der Waals surface area contributed by atoms with Crippen LogP contribution in [0.2, 0.25) is 0 Å². The quantitative estimate of drug-likeness (QED) is 0.878. The van der Waals surface area contributed by atoms with Gasteiger partial charge in [0.2, 0.25) is 0 Å². The second kappa shape index (κ2) is 6.15. The lowest BCUT2D eigenvalue weighted by Crippen LogP contribution is -2.37. The Bertz CT molecular complexity index is 655. The molecule has 0 bridgehead atoms. The molecule has 0 spiro atoms. The Morgan fingerprint density at radius 3 is 3.14 bits per heavy atom. The van der Waals surface area contributed by atoms with Gasteiger partial charge in [-0.15, -0.1) is 0 Å². The van der Waals surface area contributed by atoms with E-state index in [4.69, 9.17) is 10.2 Å². The molecule has 6 heteroatoms. The first-order valence-electron chi connectivity index (χ1n) is 7.38. The minimum atomic E-state index is -1.18. The molecule has 0 aliphatic carbocycles. The van der Waals surface area contributed by atoms with E-state index in [2.05, 4.69) is 16.9 Å². The number of fused-ring (bicyclic) bond motifs is 1. The molecule has 3 rings (SSSR count). The summed E-state index contributed by atoms with van der Waals surface area (Å²) in [6.45, 7) is 1.14. The Labute approximate surface area is 127 Å². The first-order chi connectivity index (χ1) is 10.1. The van der Waals surface area contributed by atoms with E-state index in [1.165, 1.54) is 19.3 Å². The lowest BCUT2D eigenvalue weighted by atomic mass is 10.0. The normalized spacial score (nSPS) is 21.7. The monoisotopic (exact) mass is 307 g/mol. The van der Waals surface area contributed by atoms with Crippen molar-refractivity contribution < 1.29 is 8.63 Å². The molecule has 0 amide bonds. The molecule has 0 saturated carbocycles. The summed E-state index contributed by atoms with van der Waals surface area (Å²) < 4.78 is 17.9. The van der Waals surface area contributed by atoms with Crippen LogP contribution in [0.4, 0.5) is 5.69 Å². The van der Waals surface area contributed by atoms with Crippen LogP contribution in [0.5, 0.6) is 0 Å². The topological polar surface area (TPSA) is 72.4 Å². The van der Waals surface area contributed by atoms with E-state index in [9.17, 15) is 4.21 Å². The molecule has 114 valence electrons. The van der Waals surface area contributed by atoms with Gasteiger partial charge in [0, 0.05) is 23.5 Å². The van der Waals surface area contributed by atoms with E-state index in [1.807, 2.05) is 0 Å². The summed E-state index contributed by atoms with van der Waals surface area (Å²) in [5.41, 5.74) is 7.65. The van der Waals surface area contributed by atoms with E-state index in [0.29, 0.717) is 33.8 Å². The van der Waals surface area contributed by atoms with E-state index < -0.39 is 10.8 Å². The van der Waals surface area contributed by atoms with E-state index in [0.717, 1.165) is 13.0 Å². The first kappa shape index (κ1) is 14.5. The minimum absolute atomic E-state index is 0.314. The molecule has 5 nitrogen and oxygen atoms in total. The summed E-state index contributed by atoms with van der Waals surface area (Å²) >= 11 is 0. The van der Waals surface area contributed by atoms with Crippen molar-refractivity contribution >= 4 is 27.6 Å². The highest BCUT2D eigenvalue weighted by Gasteiger charge is 2.21. The van der Waals surface area contributed by atoms with Crippen LogP contribution in [0.3, 0.4) is 0 Å². The van der Waals surface area contributed by atoms with Gasteiger partial charge in [0.25, 0.3) is 5.22 Å². The number of benzene rings is 1. The van der Waals surface area contributed by atoms with Crippen LogP contribution in [0.15, 0.2) is 27.8 Å². The molecule has 2 unspecified atom stereocenters. The van der Waals surface area contributed by atoms with Crippen LogP contribution < -0.4 is 5.73 Å². The van der Waals surface area contributed by atoms with Crippen LogP contribution in [-0.4, -0.2) is 39.5 Å². The Hall–Kier alpha value is -1.40. The highest BCUT2D eigenvalue weighted by atomic mass is 32.2. The zero-order valence-electron chi connectivity index (χ0n) is 12.2. The van der Waals surface area contributed by atoms with Gasteiger partial charge in [-0.25, -0.2) is 9.19 Å². The highest BCUT2D eigenvalue weighted by Crippen LogP contribution is 2.22. The maximum Gasteiger partial charge on any atom is 0.287 e. The van der Waals surface area contributed by atoms with Crippen LogP contribution in [0, 0.1) is 0 Å². The maximum absolute atomic E-state index is 12.4. The number of aromatic nitrogens is 1. The molecule has 2 aromatic rings. The average Bonchev–Trinajstić information content (AvgIpc) is 2.89. The average molecular weight is 307 g/mol. The SMILES string of the molecule is CN1CCCCC1CCS(=O)c1nc2ccc(N)cc2o1. The van der Waals surface area contributed by atoms with Crippen molar-refractivity contribution in [2.75, 3.05) is 25.1 Å². The third-order valence-corrected chi connectivity index (χ3v) is 5.32. The number of anilines is 1. The van der Waals surface area contributed by atoms with Crippen molar-refractivity contribution in [3.8, 4) is 0 Å². The van der Waals surface area contributed by atoms with Gasteiger partial charge in [-0.1, -0.05) is 6.42 Å². The predicted molar refractivity (Wildman–Crippen MR) is 84.6 cm³/mol. The fraction of sp³-hybridized carbons (Fsp3) is 0.533. The molecule has 0 radical (unpaired) electrons. The van der Waals surface area contributed by atoms with Crippen molar-refractivity contribution in [2.24, 2.45) is 0 Å². The Morgan fingerprint density at radius 1 is 1.48 bits per heavy atom. The van der Waals surface area contributed by atoms with Crippen molar-refractivity contribution in [2.45, 2.75) is 36.9 Å². The highest BCUT2D eigenvalue weighted by molar-refractivity contribution is 7.84. The number of oxazole rings is 1. The number of hydrogen-bond donors (Lipinski definition) is 1. The van der Waals surface area contributed by atoms with Gasteiger partial charge >= 0.3 is 0 Å². The fourth-order valence-corrected chi connectivity index (χ4v) is 3.90. The number of rotatable bonds is 4. The third-order valence-electron chi connectivity index (χ3n) is 4.15. The molecule has 1 fully saturated rings. The van der Waals surface area contributed by atoms with Crippen molar-refractivity contribution in [1.82, 2.24) is 9.88 Å². The Kier molecular flexibility index (Phi) is 4.26. The second-order valence-corrected chi connectivity index (χ2v) is 7.12. The van der Waals surface area contributed by atoms with Crippen molar-refractivity contribution in [1.29, 1.82) is 0 Å².